The number of anilines is 1. The average molecular weight is 625 g/mol. The number of aliphatic hydroxyl groups excluding tert-OH is 1. The zero-order valence-corrected chi connectivity index (χ0v) is 27.3. The van der Waals surface area contributed by atoms with Gasteiger partial charge in [0.25, 0.3) is 5.69 Å². The number of rotatable bonds is 3. The van der Waals surface area contributed by atoms with Crippen LogP contribution in [0.25, 0.3) is 0 Å². The van der Waals surface area contributed by atoms with Crippen molar-refractivity contribution in [3.63, 3.8) is 0 Å². The number of hydrogen-bond donors (Lipinski definition) is 3. The number of thiocarbonyl (C=S) groups is 1. The highest BCUT2D eigenvalue weighted by Gasteiger charge is 2.71. The van der Waals surface area contributed by atoms with Crippen molar-refractivity contribution < 1.29 is 19.5 Å². The van der Waals surface area contributed by atoms with Crippen molar-refractivity contribution in [1.82, 2.24) is 5.43 Å². The third kappa shape index (κ3) is 4.73. The number of aliphatic hydroxyl groups is 1. The second-order valence-corrected chi connectivity index (χ2v) is 15.9. The van der Waals surface area contributed by atoms with Crippen molar-refractivity contribution in [1.29, 1.82) is 0 Å². The van der Waals surface area contributed by atoms with Gasteiger partial charge in [-0.05, 0) is 111 Å². The molecule has 0 unspecified atom stereocenters. The number of nitro groups is 1. The number of ether oxygens (including phenoxy) is 2. The molecule has 0 bridgehead atoms. The number of hydrazone groups is 1. The van der Waals surface area contributed by atoms with Crippen molar-refractivity contribution in [2.75, 3.05) is 11.9 Å². The summed E-state index contributed by atoms with van der Waals surface area (Å²) in [6.07, 6.45) is 9.31. The van der Waals surface area contributed by atoms with Gasteiger partial charge in [0.15, 0.2) is 10.9 Å². The first kappa shape index (κ1) is 30.5. The summed E-state index contributed by atoms with van der Waals surface area (Å²) in [7, 11) is 0. The summed E-state index contributed by atoms with van der Waals surface area (Å²) in [6, 6.07) is 6.25. The van der Waals surface area contributed by atoms with Crippen LogP contribution in [0.3, 0.4) is 0 Å². The van der Waals surface area contributed by atoms with Gasteiger partial charge in [-0.25, -0.2) is 0 Å². The quantitative estimate of drug-likeness (QED) is 0.194. The highest BCUT2D eigenvalue weighted by molar-refractivity contribution is 7.80. The molecule has 0 amide bonds. The van der Waals surface area contributed by atoms with Gasteiger partial charge in [-0.2, -0.15) is 5.10 Å². The molecule has 1 aromatic carbocycles. The second-order valence-electron chi connectivity index (χ2n) is 15.5. The van der Waals surface area contributed by atoms with Crippen LogP contribution in [0.2, 0.25) is 0 Å². The largest absolute Gasteiger partial charge is 0.393 e. The van der Waals surface area contributed by atoms with Crippen LogP contribution in [-0.2, 0) is 9.47 Å². The Kier molecular flexibility index (Phi) is 7.62. The Morgan fingerprint density at radius 3 is 2.57 bits per heavy atom. The summed E-state index contributed by atoms with van der Waals surface area (Å²) >= 11 is 5.68. The molecular weight excluding hydrogens is 576 g/mol. The van der Waals surface area contributed by atoms with Crippen LogP contribution in [0.5, 0.6) is 0 Å². The minimum Gasteiger partial charge on any atom is -0.393 e. The van der Waals surface area contributed by atoms with Crippen LogP contribution in [0.1, 0.15) is 85.5 Å². The third-order valence-electron chi connectivity index (χ3n) is 13.4. The summed E-state index contributed by atoms with van der Waals surface area (Å²) < 4.78 is 13.6. The smallest absolute Gasteiger partial charge is 0.269 e. The van der Waals surface area contributed by atoms with Gasteiger partial charge in [-0.3, -0.25) is 15.5 Å². The second kappa shape index (κ2) is 11.0. The van der Waals surface area contributed by atoms with E-state index in [1.54, 1.807) is 12.1 Å². The molecular formula is C34H48N4O5S. The molecule has 2 saturated heterocycles. The van der Waals surface area contributed by atoms with Gasteiger partial charge in [-0.15, -0.1) is 0 Å². The predicted molar refractivity (Wildman–Crippen MR) is 173 cm³/mol. The van der Waals surface area contributed by atoms with Gasteiger partial charge in [0, 0.05) is 47.2 Å². The number of nitrogens with one attached hydrogen (secondary N) is 2. The molecule has 44 heavy (non-hydrogen) atoms. The topological polar surface area (TPSA) is 118 Å². The Hall–Kier alpha value is -2.14. The monoisotopic (exact) mass is 624 g/mol. The zero-order valence-electron chi connectivity index (χ0n) is 26.5. The number of non-ortho nitro benzene ring substituents is 1. The molecule has 4 aliphatic carbocycles. The molecule has 10 heteroatoms. The fourth-order valence-electron chi connectivity index (χ4n) is 11.1. The summed E-state index contributed by atoms with van der Waals surface area (Å²) in [5, 5.41) is 30.3. The lowest BCUT2D eigenvalue weighted by molar-refractivity contribution is -0.384. The Balaban J connectivity index is 1.19. The minimum absolute atomic E-state index is 0.0396. The van der Waals surface area contributed by atoms with E-state index < -0.39 is 10.7 Å². The van der Waals surface area contributed by atoms with Gasteiger partial charge in [0.05, 0.1) is 23.7 Å². The summed E-state index contributed by atoms with van der Waals surface area (Å²) in [6.45, 7) is 10.3. The molecule has 0 radical (unpaired) electrons. The number of fused-ring (bicyclic) bond motifs is 7. The molecule has 1 spiro atoms. The van der Waals surface area contributed by atoms with E-state index in [4.69, 9.17) is 26.8 Å². The van der Waals surface area contributed by atoms with Crippen LogP contribution in [0.15, 0.2) is 29.4 Å². The van der Waals surface area contributed by atoms with Crippen molar-refractivity contribution in [2.45, 2.75) is 103 Å². The van der Waals surface area contributed by atoms with Gasteiger partial charge < -0.3 is 19.9 Å². The summed E-state index contributed by atoms with van der Waals surface area (Å²) in [4.78, 5) is 10.7. The van der Waals surface area contributed by atoms with Crippen molar-refractivity contribution in [2.24, 2.45) is 57.4 Å². The summed E-state index contributed by atoms with van der Waals surface area (Å²) in [5.74, 6) is 2.79. The fraction of sp³-hybridized carbons (Fsp3) is 0.765. The van der Waals surface area contributed by atoms with Gasteiger partial charge >= 0.3 is 0 Å². The van der Waals surface area contributed by atoms with E-state index in [9.17, 15) is 15.2 Å². The van der Waals surface area contributed by atoms with Gasteiger partial charge in [0.1, 0.15) is 0 Å². The molecule has 2 heterocycles. The Morgan fingerprint density at radius 2 is 1.86 bits per heavy atom. The van der Waals surface area contributed by atoms with E-state index in [0.29, 0.717) is 46.3 Å². The molecule has 2 aliphatic heterocycles. The normalized spacial score (nSPS) is 46.9. The lowest BCUT2D eigenvalue weighted by Gasteiger charge is -2.61. The number of hydrogen-bond acceptors (Lipinski definition) is 7. The van der Waals surface area contributed by atoms with Crippen LogP contribution >= 0.6 is 12.2 Å². The summed E-state index contributed by atoms with van der Waals surface area (Å²) in [5.41, 5.74) is 5.15. The lowest BCUT2D eigenvalue weighted by atomic mass is 9.44. The highest BCUT2D eigenvalue weighted by Crippen LogP contribution is 2.70. The predicted octanol–water partition coefficient (Wildman–Crippen LogP) is 6.65. The van der Waals surface area contributed by atoms with E-state index in [0.717, 1.165) is 51.6 Å². The molecule has 6 aliphatic rings. The first-order valence-corrected chi connectivity index (χ1v) is 17.2. The molecule has 4 saturated carbocycles. The molecule has 3 N–H and O–H groups in total. The maximum Gasteiger partial charge on any atom is 0.269 e. The van der Waals surface area contributed by atoms with Crippen LogP contribution in [-0.4, -0.2) is 45.5 Å². The van der Waals surface area contributed by atoms with Crippen molar-refractivity contribution >= 4 is 34.4 Å². The van der Waals surface area contributed by atoms with E-state index in [2.05, 4.69) is 38.4 Å². The standard InChI is InChI=1S/C34H48N4O5S/c1-19-11-14-34(42-18-19)20(2)30-28(43-34)16-27-25-10-5-21-15-24(39)12-13-32(21,3)26(25)17-29(33(27,30)4)36-37-31(44)35-22-6-8-23(9-7-22)38(40)41/h6-9,19-21,24-28,30,39H,5,10-18H2,1-4H3,(H2,35,37,44)/b36-29+/t19-,20+,21+,24+,25-,26+,27+,28+,30+,32+,33-,34-/m1/s1. The minimum atomic E-state index is -0.499. The fourth-order valence-corrected chi connectivity index (χ4v) is 11.2. The number of benzene rings is 1. The Labute approximate surface area is 266 Å². The third-order valence-corrected chi connectivity index (χ3v) is 13.6. The number of nitro benzene ring substituents is 1. The van der Waals surface area contributed by atoms with Crippen molar-refractivity contribution in [3.05, 3.63) is 34.4 Å². The Bertz CT molecular complexity index is 1330. The van der Waals surface area contributed by atoms with Crippen LogP contribution in [0, 0.1) is 62.4 Å². The average Bonchev–Trinajstić information content (AvgIpc) is 3.44. The Morgan fingerprint density at radius 1 is 1.09 bits per heavy atom. The molecule has 6 fully saturated rings. The molecule has 240 valence electrons. The maximum atomic E-state index is 11.1. The van der Waals surface area contributed by atoms with Crippen molar-refractivity contribution in [3.8, 4) is 0 Å². The molecule has 9 nitrogen and oxygen atoms in total. The first-order valence-electron chi connectivity index (χ1n) is 16.8. The molecule has 0 aromatic heterocycles. The molecule has 7 rings (SSSR count). The maximum absolute atomic E-state index is 11.1. The first-order chi connectivity index (χ1) is 20.9. The van der Waals surface area contributed by atoms with Crippen LogP contribution < -0.4 is 10.7 Å². The SMILES string of the molecule is C[C@@H]1CC[C@@]2(OC1)O[C@H]1C[C@H]3[C@@H]4CC[C@H]5C[C@@H](O)CC[C@]5(C)[C@H]4C/C(=N\NC(=S)Nc4ccc([N+](=O)[O-])cc4)[C@]3(C)[C@H]1[C@@H]2C. The zero-order chi connectivity index (χ0) is 31.0. The van der Waals surface area contributed by atoms with Gasteiger partial charge in [-0.1, -0.05) is 27.7 Å². The highest BCUT2D eigenvalue weighted by atomic mass is 32.1. The molecule has 1 aromatic rings. The van der Waals surface area contributed by atoms with E-state index in [-0.39, 0.29) is 34.6 Å². The van der Waals surface area contributed by atoms with E-state index in [1.807, 2.05) is 0 Å². The van der Waals surface area contributed by atoms with Gasteiger partial charge in [0.2, 0.25) is 0 Å². The number of nitrogens with zero attached hydrogens (tertiary/aromatic N) is 2. The van der Waals surface area contributed by atoms with Crippen LogP contribution in [0.4, 0.5) is 11.4 Å². The van der Waals surface area contributed by atoms with E-state index in [1.165, 1.54) is 30.7 Å². The van der Waals surface area contributed by atoms with E-state index >= 15 is 0 Å². The molecule has 12 atom stereocenters. The lowest BCUT2D eigenvalue weighted by Crippen LogP contribution is -2.58.